The number of aromatic carboxylic acids is 1. The van der Waals surface area contributed by atoms with Crippen LogP contribution in [0.2, 0.25) is 0 Å². The van der Waals surface area contributed by atoms with Gasteiger partial charge in [-0.15, -0.1) is 0 Å². The van der Waals surface area contributed by atoms with Crippen LogP contribution >= 0.6 is 0 Å². The molecule has 0 radical (unpaired) electrons. The molecule has 3 nitrogen and oxygen atoms in total. The summed E-state index contributed by atoms with van der Waals surface area (Å²) in [7, 11) is 0. The Hall–Kier alpha value is -1.51. The molecule has 1 aromatic carbocycles. The van der Waals surface area contributed by atoms with Gasteiger partial charge >= 0.3 is 5.97 Å². The molecule has 1 aromatic rings. The molecule has 0 bridgehead atoms. The molecule has 1 unspecified atom stereocenters. The maximum absolute atomic E-state index is 11.4. The highest BCUT2D eigenvalue weighted by Crippen LogP contribution is 2.29. The van der Waals surface area contributed by atoms with E-state index in [9.17, 15) is 9.90 Å². The van der Waals surface area contributed by atoms with E-state index in [1.54, 1.807) is 6.07 Å². The van der Waals surface area contributed by atoms with Gasteiger partial charge in [-0.05, 0) is 55.7 Å². The van der Waals surface area contributed by atoms with Crippen molar-refractivity contribution < 1.29 is 9.90 Å². The Morgan fingerprint density at radius 1 is 1.30 bits per heavy atom. The molecule has 1 heterocycles. The zero-order valence-electron chi connectivity index (χ0n) is 12.7. The van der Waals surface area contributed by atoms with Crippen molar-refractivity contribution in [3.05, 3.63) is 29.3 Å². The van der Waals surface area contributed by atoms with Crippen LogP contribution in [0.5, 0.6) is 0 Å². The molecular formula is C17H25NO2. The highest BCUT2D eigenvalue weighted by Gasteiger charge is 2.22. The number of carboxylic acid groups (broad SMARTS) is 1. The first kappa shape index (κ1) is 14.9. The molecule has 1 atom stereocenters. The van der Waals surface area contributed by atoms with E-state index in [0.29, 0.717) is 11.5 Å². The van der Waals surface area contributed by atoms with E-state index in [0.717, 1.165) is 43.1 Å². The summed E-state index contributed by atoms with van der Waals surface area (Å²) in [6, 6.07) is 5.62. The Kier molecular flexibility index (Phi) is 4.69. The molecule has 0 saturated carbocycles. The average molecular weight is 275 g/mol. The second-order valence-electron chi connectivity index (χ2n) is 6.25. The van der Waals surface area contributed by atoms with E-state index in [1.807, 2.05) is 19.1 Å². The summed E-state index contributed by atoms with van der Waals surface area (Å²) >= 11 is 0. The number of carboxylic acids is 1. The van der Waals surface area contributed by atoms with Gasteiger partial charge in [0.05, 0.1) is 11.3 Å². The number of aryl methyl sites for hydroxylation is 1. The smallest absolute Gasteiger partial charge is 0.337 e. The number of anilines is 1. The van der Waals surface area contributed by atoms with Gasteiger partial charge < -0.3 is 10.0 Å². The van der Waals surface area contributed by atoms with Crippen LogP contribution in [0.4, 0.5) is 5.69 Å². The summed E-state index contributed by atoms with van der Waals surface area (Å²) in [5.74, 6) is 0.647. The molecule has 1 N–H and O–H groups in total. The largest absolute Gasteiger partial charge is 0.478 e. The van der Waals surface area contributed by atoms with Crippen LogP contribution < -0.4 is 4.90 Å². The van der Waals surface area contributed by atoms with Crippen molar-refractivity contribution >= 4 is 11.7 Å². The predicted octanol–water partition coefficient (Wildman–Crippen LogP) is 3.96. The fourth-order valence-corrected chi connectivity index (χ4v) is 3.11. The summed E-state index contributed by atoms with van der Waals surface area (Å²) < 4.78 is 0. The first-order chi connectivity index (χ1) is 9.49. The number of benzene rings is 1. The molecule has 110 valence electrons. The van der Waals surface area contributed by atoms with E-state index in [2.05, 4.69) is 18.7 Å². The summed E-state index contributed by atoms with van der Waals surface area (Å²) in [5, 5.41) is 9.37. The summed E-state index contributed by atoms with van der Waals surface area (Å²) in [4.78, 5) is 13.7. The molecule has 0 spiro atoms. The third-order valence-electron chi connectivity index (χ3n) is 4.44. The maximum atomic E-state index is 11.4. The number of hydrogen-bond donors (Lipinski definition) is 1. The molecule has 1 aliphatic rings. The fraction of sp³-hybridized carbons (Fsp3) is 0.588. The maximum Gasteiger partial charge on any atom is 0.337 e. The van der Waals surface area contributed by atoms with Gasteiger partial charge in [0.1, 0.15) is 0 Å². The topological polar surface area (TPSA) is 40.5 Å². The third-order valence-corrected chi connectivity index (χ3v) is 4.44. The predicted molar refractivity (Wildman–Crippen MR) is 82.5 cm³/mol. The van der Waals surface area contributed by atoms with Crippen LogP contribution in [0, 0.1) is 18.8 Å². The molecule has 0 amide bonds. The highest BCUT2D eigenvalue weighted by molar-refractivity contribution is 5.94. The van der Waals surface area contributed by atoms with Crippen molar-refractivity contribution in [1.82, 2.24) is 0 Å². The minimum Gasteiger partial charge on any atom is -0.478 e. The Labute approximate surface area is 121 Å². The molecule has 3 heteroatoms. The summed E-state index contributed by atoms with van der Waals surface area (Å²) in [6.45, 7) is 8.52. The number of hydrogen-bond acceptors (Lipinski definition) is 2. The van der Waals surface area contributed by atoms with Gasteiger partial charge in [-0.3, -0.25) is 0 Å². The van der Waals surface area contributed by atoms with Gasteiger partial charge in [0, 0.05) is 13.1 Å². The Bertz CT molecular complexity index is 482. The minimum absolute atomic E-state index is 0.429. The minimum atomic E-state index is -0.829. The summed E-state index contributed by atoms with van der Waals surface area (Å²) in [5.41, 5.74) is 2.44. The molecule has 2 rings (SSSR count). The van der Waals surface area contributed by atoms with Crippen LogP contribution in [-0.4, -0.2) is 24.2 Å². The van der Waals surface area contributed by atoms with Crippen molar-refractivity contribution in [2.24, 2.45) is 11.8 Å². The highest BCUT2D eigenvalue weighted by atomic mass is 16.4. The zero-order valence-corrected chi connectivity index (χ0v) is 12.7. The van der Waals surface area contributed by atoms with Crippen LogP contribution in [0.1, 0.15) is 49.0 Å². The van der Waals surface area contributed by atoms with E-state index in [1.165, 1.54) is 6.42 Å². The van der Waals surface area contributed by atoms with Crippen molar-refractivity contribution in [3.63, 3.8) is 0 Å². The van der Waals surface area contributed by atoms with E-state index in [-0.39, 0.29) is 0 Å². The number of rotatable bonds is 3. The van der Waals surface area contributed by atoms with Crippen LogP contribution in [0.3, 0.4) is 0 Å². The molecule has 1 fully saturated rings. The van der Waals surface area contributed by atoms with Gasteiger partial charge in [0.15, 0.2) is 0 Å². The Morgan fingerprint density at radius 2 is 2.05 bits per heavy atom. The van der Waals surface area contributed by atoms with E-state index < -0.39 is 5.97 Å². The van der Waals surface area contributed by atoms with Crippen molar-refractivity contribution in [3.8, 4) is 0 Å². The SMILES string of the molecule is Cc1ccc(C(=O)O)c(N2CCCC(C(C)C)CC2)c1. The lowest BCUT2D eigenvalue weighted by atomic mass is 9.89. The lowest BCUT2D eigenvalue weighted by Crippen LogP contribution is -2.26. The van der Waals surface area contributed by atoms with Crippen LogP contribution in [0.15, 0.2) is 18.2 Å². The first-order valence-corrected chi connectivity index (χ1v) is 7.58. The lowest BCUT2D eigenvalue weighted by molar-refractivity contribution is 0.0697. The molecule has 1 saturated heterocycles. The van der Waals surface area contributed by atoms with Gasteiger partial charge in [0.25, 0.3) is 0 Å². The molecule has 20 heavy (non-hydrogen) atoms. The molecule has 0 aliphatic carbocycles. The second-order valence-corrected chi connectivity index (χ2v) is 6.25. The standard InChI is InChI=1S/C17H25NO2/c1-12(2)14-5-4-9-18(10-8-14)16-11-13(3)6-7-15(16)17(19)20/h6-7,11-12,14H,4-5,8-10H2,1-3H3,(H,19,20). The Balaban J connectivity index is 2.23. The van der Waals surface area contributed by atoms with Gasteiger partial charge in [-0.2, -0.15) is 0 Å². The quantitative estimate of drug-likeness (QED) is 0.907. The van der Waals surface area contributed by atoms with E-state index in [4.69, 9.17) is 0 Å². The van der Waals surface area contributed by atoms with Crippen molar-refractivity contribution in [1.29, 1.82) is 0 Å². The van der Waals surface area contributed by atoms with Crippen LogP contribution in [-0.2, 0) is 0 Å². The molecule has 0 aromatic heterocycles. The molecule has 1 aliphatic heterocycles. The Morgan fingerprint density at radius 3 is 2.70 bits per heavy atom. The van der Waals surface area contributed by atoms with Gasteiger partial charge in [-0.1, -0.05) is 19.9 Å². The van der Waals surface area contributed by atoms with Crippen molar-refractivity contribution in [2.45, 2.75) is 40.0 Å². The lowest BCUT2D eigenvalue weighted by Gasteiger charge is -2.25. The fourth-order valence-electron chi connectivity index (χ4n) is 3.11. The van der Waals surface area contributed by atoms with Gasteiger partial charge in [0.2, 0.25) is 0 Å². The average Bonchev–Trinajstić information content (AvgIpc) is 2.63. The van der Waals surface area contributed by atoms with E-state index >= 15 is 0 Å². The third kappa shape index (κ3) is 3.33. The number of nitrogens with zero attached hydrogens (tertiary/aromatic N) is 1. The molecular weight excluding hydrogens is 250 g/mol. The van der Waals surface area contributed by atoms with Gasteiger partial charge in [-0.25, -0.2) is 4.79 Å². The second kappa shape index (κ2) is 6.29. The number of carbonyl (C=O) groups is 1. The zero-order chi connectivity index (χ0) is 14.7. The normalized spacial score (nSPS) is 20.0. The summed E-state index contributed by atoms with van der Waals surface area (Å²) in [6.07, 6.45) is 3.56. The monoisotopic (exact) mass is 275 g/mol. The van der Waals surface area contributed by atoms with Crippen LogP contribution in [0.25, 0.3) is 0 Å². The van der Waals surface area contributed by atoms with Crippen molar-refractivity contribution in [2.75, 3.05) is 18.0 Å². The first-order valence-electron chi connectivity index (χ1n) is 7.58.